The van der Waals surface area contributed by atoms with Gasteiger partial charge in [-0.15, -0.1) is 0 Å². The van der Waals surface area contributed by atoms with Gasteiger partial charge in [0.25, 0.3) is 0 Å². The Hall–Kier alpha value is 0.0200. The smallest absolute Gasteiger partial charge is 0.213 e. The van der Waals surface area contributed by atoms with Crippen LogP contribution < -0.4 is 10.0 Å². The molecule has 96 valence electrons. The zero-order chi connectivity index (χ0) is 12.0. The van der Waals surface area contributed by atoms with E-state index < -0.39 is 20.8 Å². The van der Waals surface area contributed by atoms with Crippen molar-refractivity contribution in [2.75, 3.05) is 30.3 Å². The molecule has 1 fully saturated rings. The number of nitrogens with one attached hydrogen (secondary N) is 2. The fourth-order valence-corrected chi connectivity index (χ4v) is 3.77. The van der Waals surface area contributed by atoms with Gasteiger partial charge in [-0.05, 0) is 19.4 Å². The quantitative estimate of drug-likeness (QED) is 0.648. The summed E-state index contributed by atoms with van der Waals surface area (Å²) in [5.41, 5.74) is 0. The van der Waals surface area contributed by atoms with Crippen molar-refractivity contribution in [2.24, 2.45) is 0 Å². The summed E-state index contributed by atoms with van der Waals surface area (Å²) in [6, 6.07) is 0.0779. The van der Waals surface area contributed by atoms with Gasteiger partial charge in [-0.1, -0.05) is 6.92 Å². The lowest BCUT2D eigenvalue weighted by Crippen LogP contribution is -2.38. The Morgan fingerprint density at radius 3 is 2.81 bits per heavy atom. The zero-order valence-corrected chi connectivity index (χ0v) is 11.2. The van der Waals surface area contributed by atoms with E-state index in [1.807, 2.05) is 6.92 Å². The van der Waals surface area contributed by atoms with E-state index in [1.54, 1.807) is 0 Å². The van der Waals surface area contributed by atoms with E-state index in [1.165, 1.54) is 0 Å². The molecular weight excluding hydrogens is 248 g/mol. The fourth-order valence-electron chi connectivity index (χ4n) is 1.68. The van der Waals surface area contributed by atoms with Gasteiger partial charge in [-0.3, -0.25) is 4.21 Å². The second-order valence-corrected chi connectivity index (χ2v) is 7.62. The Labute approximate surface area is 99.9 Å². The molecule has 0 spiro atoms. The molecule has 0 bridgehead atoms. The second kappa shape index (κ2) is 6.68. The summed E-state index contributed by atoms with van der Waals surface area (Å²) in [6.07, 6.45) is 1.96. The molecule has 0 aromatic rings. The molecule has 7 heteroatoms. The van der Waals surface area contributed by atoms with Crippen molar-refractivity contribution >= 4 is 20.8 Å². The molecule has 0 saturated carbocycles. The van der Waals surface area contributed by atoms with Crippen LogP contribution in [0, 0.1) is 0 Å². The van der Waals surface area contributed by atoms with Crippen LogP contribution in [0.1, 0.15) is 19.8 Å². The number of sulfonamides is 1. The average Bonchev–Trinajstić information content (AvgIpc) is 2.69. The third-order valence-electron chi connectivity index (χ3n) is 2.56. The van der Waals surface area contributed by atoms with Crippen LogP contribution in [-0.2, 0) is 20.8 Å². The first-order valence-electron chi connectivity index (χ1n) is 5.59. The van der Waals surface area contributed by atoms with Crippen LogP contribution in [0.4, 0.5) is 0 Å². The van der Waals surface area contributed by atoms with E-state index in [2.05, 4.69) is 10.0 Å². The second-order valence-electron chi connectivity index (χ2n) is 3.90. The van der Waals surface area contributed by atoms with Gasteiger partial charge in [0.2, 0.25) is 10.0 Å². The normalized spacial score (nSPS) is 23.4. The first-order valence-corrected chi connectivity index (χ1v) is 8.73. The molecule has 16 heavy (non-hydrogen) atoms. The Morgan fingerprint density at radius 1 is 1.50 bits per heavy atom. The molecule has 0 aromatic heterocycles. The summed E-state index contributed by atoms with van der Waals surface area (Å²) in [5, 5.41) is 3.14. The van der Waals surface area contributed by atoms with Crippen molar-refractivity contribution in [3.05, 3.63) is 0 Å². The molecule has 5 nitrogen and oxygen atoms in total. The highest BCUT2D eigenvalue weighted by Crippen LogP contribution is 2.06. The maximum atomic E-state index is 11.6. The summed E-state index contributed by atoms with van der Waals surface area (Å²) in [6.45, 7) is 3.00. The molecule has 0 amide bonds. The van der Waals surface area contributed by atoms with Crippen molar-refractivity contribution in [1.82, 2.24) is 10.0 Å². The van der Waals surface area contributed by atoms with Crippen LogP contribution in [0.15, 0.2) is 0 Å². The van der Waals surface area contributed by atoms with Crippen LogP contribution in [0.3, 0.4) is 0 Å². The molecule has 1 aliphatic heterocycles. The molecule has 1 rings (SSSR count). The van der Waals surface area contributed by atoms with E-state index in [4.69, 9.17) is 0 Å². The summed E-state index contributed by atoms with van der Waals surface area (Å²) >= 11 is 0. The largest absolute Gasteiger partial charge is 0.313 e. The molecule has 0 aliphatic carbocycles. The van der Waals surface area contributed by atoms with Gasteiger partial charge in [0.15, 0.2) is 0 Å². The van der Waals surface area contributed by atoms with Gasteiger partial charge in [-0.25, -0.2) is 13.1 Å². The first-order chi connectivity index (χ1) is 7.53. The van der Waals surface area contributed by atoms with Crippen molar-refractivity contribution < 1.29 is 12.6 Å². The third-order valence-corrected chi connectivity index (χ3v) is 5.35. The van der Waals surface area contributed by atoms with Crippen molar-refractivity contribution in [1.29, 1.82) is 0 Å². The molecule has 2 N–H and O–H groups in total. The fraction of sp³-hybridized carbons (Fsp3) is 1.00. The highest BCUT2D eigenvalue weighted by atomic mass is 32.2. The van der Waals surface area contributed by atoms with Gasteiger partial charge >= 0.3 is 0 Å². The lowest BCUT2D eigenvalue weighted by atomic mass is 10.3. The average molecular weight is 268 g/mol. The van der Waals surface area contributed by atoms with Gasteiger partial charge in [0.1, 0.15) is 0 Å². The Balaban J connectivity index is 2.25. The predicted molar refractivity (Wildman–Crippen MR) is 66.4 cm³/mol. The van der Waals surface area contributed by atoms with Crippen molar-refractivity contribution in [3.63, 3.8) is 0 Å². The lowest BCUT2D eigenvalue weighted by molar-refractivity contribution is 0.566. The third kappa shape index (κ3) is 5.38. The van der Waals surface area contributed by atoms with Gasteiger partial charge in [-0.2, -0.15) is 0 Å². The van der Waals surface area contributed by atoms with Crippen LogP contribution in [0.5, 0.6) is 0 Å². The summed E-state index contributed by atoms with van der Waals surface area (Å²) < 4.78 is 36.8. The molecule has 1 saturated heterocycles. The molecule has 0 radical (unpaired) electrons. The Bertz CT molecular complexity index is 324. The minimum atomic E-state index is -3.22. The predicted octanol–water partition coefficient (Wildman–Crippen LogP) is -0.574. The number of hydrogen-bond acceptors (Lipinski definition) is 4. The van der Waals surface area contributed by atoms with E-state index in [-0.39, 0.29) is 18.3 Å². The minimum Gasteiger partial charge on any atom is -0.313 e. The molecule has 0 aromatic carbocycles. The van der Waals surface area contributed by atoms with E-state index in [0.717, 1.165) is 19.4 Å². The highest BCUT2D eigenvalue weighted by Gasteiger charge is 2.21. The van der Waals surface area contributed by atoms with Crippen LogP contribution in [0.2, 0.25) is 0 Å². The topological polar surface area (TPSA) is 75.3 Å². The van der Waals surface area contributed by atoms with Crippen molar-refractivity contribution in [3.8, 4) is 0 Å². The Kier molecular flexibility index (Phi) is 5.88. The molecule has 2 atom stereocenters. The summed E-state index contributed by atoms with van der Waals surface area (Å²) in [4.78, 5) is 0. The first kappa shape index (κ1) is 14.1. The molecule has 1 heterocycles. The summed E-state index contributed by atoms with van der Waals surface area (Å²) in [5.74, 6) is 1.10. The monoisotopic (exact) mass is 268 g/mol. The van der Waals surface area contributed by atoms with E-state index in [0.29, 0.717) is 11.5 Å². The van der Waals surface area contributed by atoms with Crippen LogP contribution >= 0.6 is 0 Å². The highest BCUT2D eigenvalue weighted by molar-refractivity contribution is 7.89. The van der Waals surface area contributed by atoms with Crippen molar-refractivity contribution in [2.45, 2.75) is 25.8 Å². The van der Waals surface area contributed by atoms with Gasteiger partial charge in [0, 0.05) is 34.9 Å². The lowest BCUT2D eigenvalue weighted by Gasteiger charge is -2.11. The molecule has 2 unspecified atom stereocenters. The van der Waals surface area contributed by atoms with E-state index in [9.17, 15) is 12.6 Å². The van der Waals surface area contributed by atoms with E-state index >= 15 is 0 Å². The van der Waals surface area contributed by atoms with Crippen LogP contribution in [-0.4, -0.2) is 49.0 Å². The Morgan fingerprint density at radius 2 is 2.25 bits per heavy atom. The minimum absolute atomic E-state index is 0.0779. The van der Waals surface area contributed by atoms with Gasteiger partial charge < -0.3 is 5.32 Å². The molecular formula is C9H20N2O3S2. The number of rotatable bonds is 7. The standard InChI is InChI=1S/C9H20N2O3S2/c1-2-15(12)7-6-11-16(13,14)8-9-4-3-5-10-9/h9-11H,2-8H2,1H3. The maximum Gasteiger partial charge on any atom is 0.213 e. The maximum absolute atomic E-state index is 11.6. The SMILES string of the molecule is CCS(=O)CCNS(=O)(=O)CC1CCCN1. The van der Waals surface area contributed by atoms with Gasteiger partial charge in [0.05, 0.1) is 5.75 Å². The zero-order valence-electron chi connectivity index (χ0n) is 9.57. The molecule has 1 aliphatic rings. The van der Waals surface area contributed by atoms with Crippen LogP contribution in [0.25, 0.3) is 0 Å². The summed E-state index contributed by atoms with van der Waals surface area (Å²) in [7, 11) is -4.12. The number of hydrogen-bond donors (Lipinski definition) is 2.